The molecule has 1 atom stereocenters. The van der Waals surface area contributed by atoms with Crippen molar-refractivity contribution in [2.45, 2.75) is 46.0 Å². The van der Waals surface area contributed by atoms with Crippen LogP contribution in [0, 0.1) is 11.3 Å². The number of hydrogen-bond donors (Lipinski definition) is 0. The minimum atomic E-state index is -5.83. The van der Waals surface area contributed by atoms with Crippen LogP contribution in [0.1, 0.15) is 33.6 Å². The molecule has 0 rings (SSSR count). The van der Waals surface area contributed by atoms with E-state index < -0.39 is 42.2 Å². The van der Waals surface area contributed by atoms with Crippen molar-refractivity contribution in [3.8, 4) is 0 Å². The molecule has 0 aromatic carbocycles. The van der Waals surface area contributed by atoms with Crippen LogP contribution < -0.4 is 0 Å². The fourth-order valence-electron chi connectivity index (χ4n) is 1.86. The van der Waals surface area contributed by atoms with Gasteiger partial charge in [0, 0.05) is 0 Å². The smallest absolute Gasteiger partial charge is 0.411 e. The van der Waals surface area contributed by atoms with E-state index in [1.807, 2.05) is 0 Å². The van der Waals surface area contributed by atoms with Crippen LogP contribution in [0.2, 0.25) is 0 Å². The number of carbonyl (C=O) groups is 2. The first kappa shape index (κ1) is 21.5. The Morgan fingerprint density at radius 2 is 1.43 bits per heavy atom. The number of carbonyl (C=O) groups excluding carboxylic acids is 2. The van der Waals surface area contributed by atoms with Crippen LogP contribution in [0.3, 0.4) is 0 Å². The van der Waals surface area contributed by atoms with Crippen LogP contribution in [0.15, 0.2) is 0 Å². The second-order valence-electron chi connectivity index (χ2n) is 5.16. The molecule has 0 spiro atoms. The maximum Gasteiger partial charge on any atom is 0.411 e. The first-order valence-corrected chi connectivity index (χ1v) is 6.77. The Kier molecular flexibility index (Phi) is 7.36. The van der Waals surface area contributed by atoms with E-state index in [1.54, 1.807) is 6.92 Å². The van der Waals surface area contributed by atoms with Gasteiger partial charge in [0.2, 0.25) is 5.92 Å². The summed E-state index contributed by atoms with van der Waals surface area (Å²) in [6.07, 6.45) is -11.2. The van der Waals surface area contributed by atoms with Crippen LogP contribution in [-0.4, -0.2) is 37.5 Å². The second kappa shape index (κ2) is 7.87. The summed E-state index contributed by atoms with van der Waals surface area (Å²) >= 11 is 0. The number of hydrogen-bond acceptors (Lipinski definition) is 4. The molecule has 23 heavy (non-hydrogen) atoms. The highest BCUT2D eigenvalue weighted by molar-refractivity contribution is 5.78. The number of esters is 2. The van der Waals surface area contributed by atoms with E-state index in [-0.39, 0.29) is 13.0 Å². The average molecular weight is 352 g/mol. The van der Waals surface area contributed by atoms with Gasteiger partial charge in [-0.2, -0.15) is 26.3 Å². The van der Waals surface area contributed by atoms with E-state index in [1.165, 1.54) is 13.8 Å². The Labute approximate surface area is 129 Å². The van der Waals surface area contributed by atoms with Crippen LogP contribution in [-0.2, 0) is 19.1 Å². The van der Waals surface area contributed by atoms with Gasteiger partial charge in [-0.25, -0.2) is 0 Å². The molecule has 0 aromatic heterocycles. The summed E-state index contributed by atoms with van der Waals surface area (Å²) < 4.78 is 83.3. The summed E-state index contributed by atoms with van der Waals surface area (Å²) in [6, 6.07) is 0. The van der Waals surface area contributed by atoms with E-state index in [9.17, 15) is 35.9 Å². The highest BCUT2D eigenvalue weighted by Gasteiger charge is 2.62. The van der Waals surface area contributed by atoms with Crippen molar-refractivity contribution in [2.24, 2.45) is 11.3 Å². The van der Waals surface area contributed by atoms with Gasteiger partial charge >= 0.3 is 24.3 Å². The summed E-state index contributed by atoms with van der Waals surface area (Å²) in [5, 5.41) is 0. The molecule has 1 unspecified atom stereocenters. The molecule has 0 saturated heterocycles. The van der Waals surface area contributed by atoms with Gasteiger partial charge in [-0.15, -0.1) is 0 Å². The van der Waals surface area contributed by atoms with Gasteiger partial charge in [0.25, 0.3) is 0 Å². The lowest BCUT2D eigenvalue weighted by Crippen LogP contribution is -2.45. The zero-order valence-electron chi connectivity index (χ0n) is 12.8. The lowest BCUT2D eigenvalue weighted by atomic mass is 9.86. The van der Waals surface area contributed by atoms with E-state index in [4.69, 9.17) is 4.74 Å². The molecular formula is C13H18F6O4. The molecule has 136 valence electrons. The van der Waals surface area contributed by atoms with Crippen molar-refractivity contribution in [3.05, 3.63) is 0 Å². The van der Waals surface area contributed by atoms with Crippen LogP contribution in [0.25, 0.3) is 0 Å². The lowest BCUT2D eigenvalue weighted by Gasteiger charge is -2.28. The van der Waals surface area contributed by atoms with Crippen LogP contribution >= 0.6 is 0 Å². The van der Waals surface area contributed by atoms with E-state index in [0.717, 1.165) is 0 Å². The second-order valence-corrected chi connectivity index (χ2v) is 5.16. The monoisotopic (exact) mass is 352 g/mol. The number of halogens is 6. The molecular weight excluding hydrogens is 334 g/mol. The molecule has 0 aliphatic rings. The molecule has 0 bridgehead atoms. The fourth-order valence-corrected chi connectivity index (χ4v) is 1.86. The van der Waals surface area contributed by atoms with Crippen LogP contribution in [0.4, 0.5) is 26.3 Å². The molecule has 0 radical (unpaired) electrons. The topological polar surface area (TPSA) is 52.6 Å². The predicted molar refractivity (Wildman–Crippen MR) is 66.2 cm³/mol. The van der Waals surface area contributed by atoms with Gasteiger partial charge in [-0.05, 0) is 20.3 Å². The third-order valence-corrected chi connectivity index (χ3v) is 2.99. The highest BCUT2D eigenvalue weighted by Crippen LogP contribution is 2.40. The van der Waals surface area contributed by atoms with Crippen molar-refractivity contribution in [1.29, 1.82) is 0 Å². The molecule has 0 N–H and O–H groups in total. The molecule has 0 aliphatic heterocycles. The summed E-state index contributed by atoms with van der Waals surface area (Å²) in [5.74, 6) is -7.59. The van der Waals surface area contributed by atoms with Gasteiger partial charge in [-0.3, -0.25) is 9.59 Å². The standard InChI is InChI=1S/C13H18F6O4/c1-4-6-11(3,10(21)22-5-2)7-23-9(20)8(12(14,15)16)13(17,18)19/h8H,4-7H2,1-3H3. The molecule has 0 fully saturated rings. The zero-order valence-corrected chi connectivity index (χ0v) is 12.8. The fraction of sp³-hybridized carbons (Fsp3) is 0.846. The van der Waals surface area contributed by atoms with Crippen molar-refractivity contribution < 1.29 is 45.4 Å². The Morgan fingerprint density at radius 1 is 0.957 bits per heavy atom. The Hall–Kier alpha value is -1.48. The Balaban J connectivity index is 5.15. The molecule has 0 heterocycles. The van der Waals surface area contributed by atoms with Crippen LogP contribution in [0.5, 0.6) is 0 Å². The summed E-state index contributed by atoms with van der Waals surface area (Å²) in [6.45, 7) is 3.42. The van der Waals surface area contributed by atoms with Gasteiger partial charge in [-0.1, -0.05) is 13.3 Å². The first-order valence-electron chi connectivity index (χ1n) is 6.77. The van der Waals surface area contributed by atoms with Crippen molar-refractivity contribution >= 4 is 11.9 Å². The molecule has 4 nitrogen and oxygen atoms in total. The predicted octanol–water partition coefficient (Wildman–Crippen LogP) is 3.64. The number of rotatable bonds is 7. The van der Waals surface area contributed by atoms with E-state index >= 15 is 0 Å². The number of ether oxygens (including phenoxy) is 2. The molecule has 0 amide bonds. The Bertz CT molecular complexity index is 404. The van der Waals surface area contributed by atoms with Crippen molar-refractivity contribution in [2.75, 3.05) is 13.2 Å². The third-order valence-electron chi connectivity index (χ3n) is 2.99. The molecule has 0 saturated carbocycles. The summed E-state index contributed by atoms with van der Waals surface area (Å²) in [5.41, 5.74) is -1.51. The quantitative estimate of drug-likeness (QED) is 0.519. The maximum absolute atomic E-state index is 12.4. The van der Waals surface area contributed by atoms with Gasteiger partial charge < -0.3 is 9.47 Å². The van der Waals surface area contributed by atoms with E-state index in [2.05, 4.69) is 4.74 Å². The van der Waals surface area contributed by atoms with Crippen molar-refractivity contribution in [1.82, 2.24) is 0 Å². The van der Waals surface area contributed by atoms with Gasteiger partial charge in [0.15, 0.2) is 0 Å². The summed E-state index contributed by atoms with van der Waals surface area (Å²) in [4.78, 5) is 23.0. The minimum absolute atomic E-state index is 0.0280. The van der Waals surface area contributed by atoms with Crippen molar-refractivity contribution in [3.63, 3.8) is 0 Å². The van der Waals surface area contributed by atoms with E-state index in [0.29, 0.717) is 6.42 Å². The summed E-state index contributed by atoms with van der Waals surface area (Å²) in [7, 11) is 0. The van der Waals surface area contributed by atoms with Gasteiger partial charge in [0.1, 0.15) is 6.61 Å². The van der Waals surface area contributed by atoms with Gasteiger partial charge in [0.05, 0.1) is 12.0 Å². The molecule has 10 heteroatoms. The Morgan fingerprint density at radius 3 is 1.78 bits per heavy atom. The first-order chi connectivity index (χ1) is 10.3. The average Bonchev–Trinajstić information content (AvgIpc) is 2.33. The molecule has 0 aliphatic carbocycles. The largest absolute Gasteiger partial charge is 0.465 e. The third kappa shape index (κ3) is 6.26. The minimum Gasteiger partial charge on any atom is -0.465 e. The molecule has 0 aromatic rings. The SMILES string of the molecule is CCCC(C)(COC(=O)C(C(F)(F)F)C(F)(F)F)C(=O)OCC. The zero-order chi connectivity index (χ0) is 18.5. The normalized spacial score (nSPS) is 15.2. The lowest BCUT2D eigenvalue weighted by molar-refractivity contribution is -0.282. The highest BCUT2D eigenvalue weighted by atomic mass is 19.4. The number of alkyl halides is 6. The maximum atomic E-state index is 12.4.